The second-order valence-corrected chi connectivity index (χ2v) is 4.39. The van der Waals surface area contributed by atoms with Crippen molar-refractivity contribution < 1.29 is 18.3 Å². The summed E-state index contributed by atoms with van der Waals surface area (Å²) in [4.78, 5) is 3.90. The topological polar surface area (TPSA) is 50.9 Å². The Hall–Kier alpha value is -1.83. The largest absolute Gasteiger partial charge is 0.508 e. The highest BCUT2D eigenvalue weighted by molar-refractivity contribution is 9.10. The molecule has 19 heavy (non-hydrogen) atoms. The van der Waals surface area contributed by atoms with Gasteiger partial charge in [0.1, 0.15) is 10.4 Å². The summed E-state index contributed by atoms with van der Waals surface area (Å²) in [7, 11) is 0. The molecule has 4 nitrogen and oxygen atoms in total. The van der Waals surface area contributed by atoms with Crippen LogP contribution in [0.5, 0.6) is 0 Å². The Morgan fingerprint density at radius 3 is 2.58 bits per heavy atom. The molecular formula is C11H7BrF3N3O. The summed E-state index contributed by atoms with van der Waals surface area (Å²) in [5.74, 6) is -0.720. The van der Waals surface area contributed by atoms with E-state index in [0.717, 1.165) is 6.20 Å². The van der Waals surface area contributed by atoms with Crippen molar-refractivity contribution in [1.82, 2.24) is 14.8 Å². The van der Waals surface area contributed by atoms with Gasteiger partial charge in [-0.3, -0.25) is 0 Å². The van der Waals surface area contributed by atoms with Gasteiger partial charge in [0, 0.05) is 0 Å². The second kappa shape index (κ2) is 4.69. The van der Waals surface area contributed by atoms with Crippen LogP contribution in [0.15, 0.2) is 35.6 Å². The Morgan fingerprint density at radius 1 is 1.37 bits per heavy atom. The third-order valence-corrected chi connectivity index (χ3v) is 2.71. The number of pyridine rings is 1. The fraction of sp³-hybridized carbons (Fsp3) is 0.0909. The minimum Gasteiger partial charge on any atom is -0.508 e. The quantitative estimate of drug-likeness (QED) is 0.675. The molecule has 0 fully saturated rings. The van der Waals surface area contributed by atoms with E-state index in [1.54, 1.807) is 6.07 Å². The van der Waals surface area contributed by atoms with Crippen molar-refractivity contribution in [1.29, 1.82) is 0 Å². The molecular weight excluding hydrogens is 327 g/mol. The third kappa shape index (κ3) is 2.62. The first-order chi connectivity index (χ1) is 8.80. The molecule has 1 N–H and O–H groups in total. The highest BCUT2D eigenvalue weighted by Gasteiger charge is 2.39. The monoisotopic (exact) mass is 333 g/mol. The number of aliphatic hydroxyl groups excluding tert-OH is 1. The maximum Gasteiger partial charge on any atom is 0.434 e. The molecule has 100 valence electrons. The van der Waals surface area contributed by atoms with Crippen LogP contribution in [0.25, 0.3) is 11.6 Å². The molecule has 0 saturated carbocycles. The molecule has 0 radical (unpaired) electrons. The van der Waals surface area contributed by atoms with Crippen LogP contribution in [0, 0.1) is 0 Å². The lowest BCUT2D eigenvalue weighted by Crippen LogP contribution is -2.16. The van der Waals surface area contributed by atoms with Gasteiger partial charge in [-0.2, -0.15) is 18.3 Å². The molecule has 0 amide bonds. The van der Waals surface area contributed by atoms with Gasteiger partial charge in [0.25, 0.3) is 0 Å². The van der Waals surface area contributed by atoms with E-state index in [4.69, 9.17) is 0 Å². The van der Waals surface area contributed by atoms with Crippen LogP contribution in [-0.2, 0) is 6.18 Å². The van der Waals surface area contributed by atoms with Crippen molar-refractivity contribution in [3.8, 4) is 5.82 Å². The summed E-state index contributed by atoms with van der Waals surface area (Å²) in [6.45, 7) is 3.10. The van der Waals surface area contributed by atoms with Gasteiger partial charge in [-0.25, -0.2) is 9.67 Å². The average molecular weight is 334 g/mol. The number of hydrogen-bond acceptors (Lipinski definition) is 3. The Bertz CT molecular complexity index is 636. The molecule has 2 rings (SSSR count). The van der Waals surface area contributed by atoms with E-state index in [2.05, 4.69) is 32.6 Å². The maximum absolute atomic E-state index is 13.0. The highest BCUT2D eigenvalue weighted by atomic mass is 79.9. The van der Waals surface area contributed by atoms with Crippen LogP contribution in [0.3, 0.4) is 0 Å². The normalized spacial score (nSPS) is 11.6. The van der Waals surface area contributed by atoms with Gasteiger partial charge < -0.3 is 5.11 Å². The zero-order chi connectivity index (χ0) is 14.2. The standard InChI is InChI=1S/C11H7BrF3N3O/c1-6(19)7-5-16-18(10(7)11(13,14)15)9-4-2-3-8(12)17-9/h2-5,19H,1H2. The number of nitrogens with zero attached hydrogens (tertiary/aromatic N) is 3. The lowest BCUT2D eigenvalue weighted by atomic mass is 10.2. The van der Waals surface area contributed by atoms with E-state index in [1.165, 1.54) is 12.1 Å². The van der Waals surface area contributed by atoms with E-state index in [-0.39, 0.29) is 5.82 Å². The van der Waals surface area contributed by atoms with Gasteiger partial charge in [0.05, 0.1) is 11.8 Å². The molecule has 0 bridgehead atoms. The number of alkyl halides is 3. The van der Waals surface area contributed by atoms with Gasteiger partial charge in [0.2, 0.25) is 0 Å². The molecule has 8 heteroatoms. The first kappa shape index (κ1) is 13.6. The summed E-state index contributed by atoms with van der Waals surface area (Å²) in [6.07, 6.45) is -3.80. The second-order valence-electron chi connectivity index (χ2n) is 3.58. The van der Waals surface area contributed by atoms with Gasteiger partial charge in [0.15, 0.2) is 11.5 Å². The minimum absolute atomic E-state index is 0.0193. The zero-order valence-corrected chi connectivity index (χ0v) is 10.9. The molecule has 0 spiro atoms. The average Bonchev–Trinajstić information content (AvgIpc) is 2.73. The molecule has 0 aliphatic carbocycles. The molecule has 0 aliphatic heterocycles. The first-order valence-corrected chi connectivity index (χ1v) is 5.76. The molecule has 2 aromatic heterocycles. The fourth-order valence-corrected chi connectivity index (χ4v) is 1.86. The summed E-state index contributed by atoms with van der Waals surface area (Å²) in [5.41, 5.74) is -1.60. The van der Waals surface area contributed by atoms with Gasteiger partial charge >= 0.3 is 6.18 Å². The Labute approximate surface area is 114 Å². The molecule has 2 aromatic rings. The summed E-state index contributed by atoms with van der Waals surface area (Å²) >= 11 is 3.07. The SMILES string of the molecule is C=C(O)c1cnn(-c2cccc(Br)n2)c1C(F)(F)F. The van der Waals surface area contributed by atoms with E-state index in [9.17, 15) is 18.3 Å². The number of aliphatic hydroxyl groups is 1. The molecule has 0 unspecified atom stereocenters. The summed E-state index contributed by atoms with van der Waals surface area (Å²) in [5, 5.41) is 12.8. The van der Waals surface area contributed by atoms with Crippen molar-refractivity contribution in [2.45, 2.75) is 6.18 Å². The van der Waals surface area contributed by atoms with Gasteiger partial charge in [-0.05, 0) is 28.1 Å². The first-order valence-electron chi connectivity index (χ1n) is 4.97. The molecule has 0 aliphatic rings. The summed E-state index contributed by atoms with van der Waals surface area (Å²) in [6, 6.07) is 4.48. The van der Waals surface area contributed by atoms with E-state index in [0.29, 0.717) is 9.28 Å². The van der Waals surface area contributed by atoms with Crippen LogP contribution in [0.2, 0.25) is 0 Å². The van der Waals surface area contributed by atoms with E-state index in [1.807, 2.05) is 0 Å². The van der Waals surface area contributed by atoms with Gasteiger partial charge in [-0.15, -0.1) is 0 Å². The van der Waals surface area contributed by atoms with Crippen molar-refractivity contribution in [2.24, 2.45) is 0 Å². The van der Waals surface area contributed by atoms with Crippen LogP contribution in [0.1, 0.15) is 11.3 Å². The number of rotatable bonds is 2. The van der Waals surface area contributed by atoms with E-state index < -0.39 is 23.2 Å². The van der Waals surface area contributed by atoms with Crippen molar-refractivity contribution in [2.75, 3.05) is 0 Å². The smallest absolute Gasteiger partial charge is 0.434 e. The van der Waals surface area contributed by atoms with Crippen LogP contribution in [0.4, 0.5) is 13.2 Å². The third-order valence-electron chi connectivity index (χ3n) is 2.27. The Morgan fingerprint density at radius 2 is 2.05 bits per heavy atom. The molecule has 0 aromatic carbocycles. The van der Waals surface area contributed by atoms with Crippen LogP contribution < -0.4 is 0 Å². The van der Waals surface area contributed by atoms with E-state index >= 15 is 0 Å². The summed E-state index contributed by atoms with van der Waals surface area (Å²) < 4.78 is 40.1. The molecule has 0 saturated heterocycles. The molecule has 0 atom stereocenters. The fourth-order valence-electron chi connectivity index (χ4n) is 1.52. The van der Waals surface area contributed by atoms with Crippen molar-refractivity contribution in [3.63, 3.8) is 0 Å². The van der Waals surface area contributed by atoms with Crippen molar-refractivity contribution >= 4 is 21.7 Å². The zero-order valence-electron chi connectivity index (χ0n) is 9.32. The maximum atomic E-state index is 13.0. The van der Waals surface area contributed by atoms with Crippen LogP contribution >= 0.6 is 15.9 Å². The molecule has 2 heterocycles. The Balaban J connectivity index is 2.68. The lowest BCUT2D eigenvalue weighted by Gasteiger charge is -2.11. The highest BCUT2D eigenvalue weighted by Crippen LogP contribution is 2.35. The number of hydrogen-bond donors (Lipinski definition) is 1. The predicted octanol–water partition coefficient (Wildman–Crippen LogP) is 3.58. The minimum atomic E-state index is -4.69. The van der Waals surface area contributed by atoms with Gasteiger partial charge in [-0.1, -0.05) is 12.6 Å². The number of halogens is 4. The lowest BCUT2D eigenvalue weighted by molar-refractivity contribution is -0.143. The van der Waals surface area contributed by atoms with Crippen LogP contribution in [-0.4, -0.2) is 19.9 Å². The Kier molecular flexibility index (Phi) is 3.36. The van der Waals surface area contributed by atoms with Crippen molar-refractivity contribution in [3.05, 3.63) is 46.8 Å². The predicted molar refractivity (Wildman–Crippen MR) is 65.7 cm³/mol. The number of aromatic nitrogens is 3.